The zero-order valence-electron chi connectivity index (χ0n) is 11.6. The van der Waals surface area contributed by atoms with Crippen LogP contribution in [0.25, 0.3) is 0 Å². The molecule has 19 heavy (non-hydrogen) atoms. The van der Waals surface area contributed by atoms with E-state index in [9.17, 15) is 9.90 Å². The molecule has 0 spiro atoms. The number of aliphatic carboxylic acids is 1. The van der Waals surface area contributed by atoms with Crippen molar-refractivity contribution in [1.82, 2.24) is 14.7 Å². The summed E-state index contributed by atoms with van der Waals surface area (Å²) in [5, 5.41) is 14.4. The summed E-state index contributed by atoms with van der Waals surface area (Å²) in [7, 11) is 1.84. The molecule has 0 radical (unpaired) electrons. The summed E-state index contributed by atoms with van der Waals surface area (Å²) < 4.78 is 1.74. The van der Waals surface area contributed by atoms with Crippen molar-refractivity contribution in [3.8, 4) is 0 Å². The lowest BCUT2D eigenvalue weighted by molar-refractivity contribution is -0.153. The molecule has 1 aliphatic rings. The summed E-state index contributed by atoms with van der Waals surface area (Å²) in [4.78, 5) is 13.6. The highest BCUT2D eigenvalue weighted by molar-refractivity contribution is 6.31. The van der Waals surface area contributed by atoms with E-state index in [1.807, 2.05) is 18.9 Å². The maximum Gasteiger partial charge on any atom is 0.323 e. The first-order valence-corrected chi connectivity index (χ1v) is 6.90. The van der Waals surface area contributed by atoms with Gasteiger partial charge in [0.25, 0.3) is 0 Å². The number of carbonyl (C=O) groups is 1. The van der Waals surface area contributed by atoms with Gasteiger partial charge >= 0.3 is 5.97 Å². The lowest BCUT2D eigenvalue weighted by Gasteiger charge is -2.41. The van der Waals surface area contributed by atoms with Gasteiger partial charge in [0.15, 0.2) is 0 Å². The SMILES string of the molecule is Cc1nn(C)c(CN2CCCCC2(C)C(=O)O)c1Cl. The molecule has 1 unspecified atom stereocenters. The van der Waals surface area contributed by atoms with Crippen LogP contribution in [0, 0.1) is 6.92 Å². The molecule has 0 saturated carbocycles. The first-order chi connectivity index (χ1) is 8.86. The van der Waals surface area contributed by atoms with Crippen LogP contribution in [0.1, 0.15) is 37.6 Å². The number of halogens is 1. The Kier molecular flexibility index (Phi) is 3.87. The van der Waals surface area contributed by atoms with Gasteiger partial charge in [-0.15, -0.1) is 0 Å². The van der Waals surface area contributed by atoms with Crippen LogP contribution in [0.3, 0.4) is 0 Å². The van der Waals surface area contributed by atoms with E-state index in [1.165, 1.54) is 0 Å². The molecule has 2 heterocycles. The van der Waals surface area contributed by atoms with Gasteiger partial charge in [0, 0.05) is 13.6 Å². The molecular weight excluding hydrogens is 266 g/mol. The molecule has 1 N–H and O–H groups in total. The Morgan fingerprint density at radius 3 is 2.74 bits per heavy atom. The summed E-state index contributed by atoms with van der Waals surface area (Å²) in [6.45, 7) is 4.96. The van der Waals surface area contributed by atoms with Crippen LogP contribution < -0.4 is 0 Å². The van der Waals surface area contributed by atoms with Crippen LogP contribution >= 0.6 is 11.6 Å². The fourth-order valence-electron chi connectivity index (χ4n) is 2.71. The third-order valence-corrected chi connectivity index (χ3v) is 4.59. The molecule has 1 aromatic rings. The molecule has 1 fully saturated rings. The van der Waals surface area contributed by atoms with Gasteiger partial charge in [0.1, 0.15) is 5.54 Å². The highest BCUT2D eigenvalue weighted by Gasteiger charge is 2.41. The summed E-state index contributed by atoms with van der Waals surface area (Å²) in [6.07, 6.45) is 2.66. The van der Waals surface area contributed by atoms with Gasteiger partial charge in [-0.1, -0.05) is 11.6 Å². The average Bonchev–Trinajstić information content (AvgIpc) is 2.58. The van der Waals surface area contributed by atoms with Crippen LogP contribution in [0.15, 0.2) is 0 Å². The minimum absolute atomic E-state index is 0.527. The number of aromatic nitrogens is 2. The first-order valence-electron chi connectivity index (χ1n) is 6.52. The third kappa shape index (κ3) is 2.49. The molecule has 5 nitrogen and oxygen atoms in total. The van der Waals surface area contributed by atoms with Crippen LogP contribution in [-0.2, 0) is 18.4 Å². The lowest BCUT2D eigenvalue weighted by Crippen LogP contribution is -2.54. The predicted octanol–water partition coefficient (Wildman–Crippen LogP) is 2.21. The van der Waals surface area contributed by atoms with E-state index in [-0.39, 0.29) is 0 Å². The standard InChI is InChI=1S/C13H20ClN3O2/c1-9-11(14)10(16(3)15-9)8-17-7-5-4-6-13(17,2)12(18)19/h4-8H2,1-3H3,(H,18,19). The zero-order valence-corrected chi connectivity index (χ0v) is 12.4. The van der Waals surface area contributed by atoms with Gasteiger partial charge in [-0.3, -0.25) is 14.4 Å². The number of hydrogen-bond donors (Lipinski definition) is 1. The Hall–Kier alpha value is -1.07. The molecule has 6 heteroatoms. The second-order valence-corrected chi connectivity index (χ2v) is 5.81. The Morgan fingerprint density at radius 2 is 2.21 bits per heavy atom. The fraction of sp³-hybridized carbons (Fsp3) is 0.692. The second kappa shape index (κ2) is 5.13. The highest BCUT2D eigenvalue weighted by atomic mass is 35.5. The van der Waals surface area contributed by atoms with E-state index < -0.39 is 11.5 Å². The van der Waals surface area contributed by atoms with Crippen LogP contribution in [0.2, 0.25) is 5.02 Å². The quantitative estimate of drug-likeness (QED) is 0.925. The highest BCUT2D eigenvalue weighted by Crippen LogP contribution is 2.31. The van der Waals surface area contributed by atoms with E-state index in [0.717, 1.165) is 30.8 Å². The molecule has 0 bridgehead atoms. The van der Waals surface area contributed by atoms with Crippen molar-refractivity contribution in [2.75, 3.05) is 6.54 Å². The van der Waals surface area contributed by atoms with Gasteiger partial charge in [0.2, 0.25) is 0 Å². The van der Waals surface area contributed by atoms with Gasteiger partial charge in [-0.05, 0) is 39.7 Å². The van der Waals surface area contributed by atoms with Crippen LogP contribution in [0.4, 0.5) is 0 Å². The maximum absolute atomic E-state index is 11.6. The van der Waals surface area contributed by atoms with Gasteiger partial charge in [-0.25, -0.2) is 0 Å². The molecule has 1 aliphatic heterocycles. The molecular formula is C13H20ClN3O2. The molecule has 0 aromatic carbocycles. The Labute approximate surface area is 118 Å². The molecule has 1 saturated heterocycles. The number of piperidine rings is 1. The van der Waals surface area contributed by atoms with Crippen LogP contribution in [0.5, 0.6) is 0 Å². The topological polar surface area (TPSA) is 58.4 Å². The van der Waals surface area contributed by atoms with Crippen molar-refractivity contribution in [3.63, 3.8) is 0 Å². The van der Waals surface area contributed by atoms with E-state index in [2.05, 4.69) is 5.10 Å². The van der Waals surface area contributed by atoms with Crippen molar-refractivity contribution in [1.29, 1.82) is 0 Å². The number of carboxylic acid groups (broad SMARTS) is 1. The third-order valence-electron chi connectivity index (χ3n) is 4.10. The lowest BCUT2D eigenvalue weighted by atomic mass is 9.88. The van der Waals surface area contributed by atoms with Gasteiger partial charge in [0.05, 0.1) is 16.4 Å². The number of aryl methyl sites for hydroxylation is 2. The number of rotatable bonds is 3. The van der Waals surface area contributed by atoms with Crippen molar-refractivity contribution in [2.45, 2.75) is 45.2 Å². The predicted molar refractivity (Wildman–Crippen MR) is 73.3 cm³/mol. The Balaban J connectivity index is 2.27. The molecule has 0 aliphatic carbocycles. The Morgan fingerprint density at radius 1 is 1.53 bits per heavy atom. The zero-order chi connectivity index (χ0) is 14.2. The number of nitrogens with zero attached hydrogens (tertiary/aromatic N) is 3. The summed E-state index contributed by atoms with van der Waals surface area (Å²) >= 11 is 6.25. The minimum Gasteiger partial charge on any atom is -0.480 e. The Bertz CT molecular complexity index is 500. The maximum atomic E-state index is 11.6. The van der Waals surface area contributed by atoms with E-state index >= 15 is 0 Å². The van der Waals surface area contributed by atoms with Crippen molar-refractivity contribution < 1.29 is 9.90 Å². The van der Waals surface area contributed by atoms with E-state index in [0.29, 0.717) is 18.0 Å². The van der Waals surface area contributed by atoms with Gasteiger partial charge < -0.3 is 5.11 Å². The molecule has 106 valence electrons. The summed E-state index contributed by atoms with van der Waals surface area (Å²) in [6, 6.07) is 0. The molecule has 1 aromatic heterocycles. The van der Waals surface area contributed by atoms with Crippen molar-refractivity contribution in [3.05, 3.63) is 16.4 Å². The van der Waals surface area contributed by atoms with Crippen molar-refractivity contribution in [2.24, 2.45) is 7.05 Å². The summed E-state index contributed by atoms with van der Waals surface area (Å²) in [5.41, 5.74) is 0.862. The minimum atomic E-state index is -0.806. The van der Waals surface area contributed by atoms with E-state index in [1.54, 1.807) is 11.6 Å². The second-order valence-electron chi connectivity index (χ2n) is 5.43. The van der Waals surface area contributed by atoms with Crippen molar-refractivity contribution >= 4 is 17.6 Å². The first kappa shape index (κ1) is 14.3. The number of likely N-dealkylation sites (tertiary alicyclic amines) is 1. The number of hydrogen-bond acceptors (Lipinski definition) is 3. The largest absolute Gasteiger partial charge is 0.480 e. The fourth-order valence-corrected chi connectivity index (χ4v) is 2.93. The average molecular weight is 286 g/mol. The monoisotopic (exact) mass is 285 g/mol. The molecule has 1 atom stereocenters. The molecule has 2 rings (SSSR count). The number of carboxylic acids is 1. The summed E-state index contributed by atoms with van der Waals surface area (Å²) in [5.74, 6) is -0.762. The van der Waals surface area contributed by atoms with Gasteiger partial charge in [-0.2, -0.15) is 5.10 Å². The smallest absolute Gasteiger partial charge is 0.323 e. The molecule has 0 amide bonds. The normalized spacial score (nSPS) is 24.6. The van der Waals surface area contributed by atoms with E-state index in [4.69, 9.17) is 11.6 Å². The van der Waals surface area contributed by atoms with Crippen LogP contribution in [-0.4, -0.2) is 37.8 Å².